The highest BCUT2D eigenvalue weighted by molar-refractivity contribution is 6.36. The predicted octanol–water partition coefficient (Wildman–Crippen LogP) is 5.80. The first-order chi connectivity index (χ1) is 20.1. The van der Waals surface area contributed by atoms with Gasteiger partial charge >= 0.3 is 12.4 Å². The van der Waals surface area contributed by atoms with E-state index in [1.54, 1.807) is 18.2 Å². The molecule has 0 bridgehead atoms. The van der Waals surface area contributed by atoms with Crippen molar-refractivity contribution < 1.29 is 41.0 Å². The average Bonchev–Trinajstić information content (AvgIpc) is 2.92. The number of alkyl halides is 6. The molecule has 0 aliphatic carbocycles. The minimum absolute atomic E-state index is 0.0402. The Bertz CT molecular complexity index is 1500. The highest BCUT2D eigenvalue weighted by Gasteiger charge is 2.48. The first kappa shape index (κ1) is 31.3. The van der Waals surface area contributed by atoms with Crippen molar-refractivity contribution in [1.29, 1.82) is 0 Å². The van der Waals surface area contributed by atoms with E-state index in [1.165, 1.54) is 25.0 Å². The van der Waals surface area contributed by atoms with Crippen LogP contribution in [-0.2, 0) is 23.1 Å². The topological polar surface area (TPSA) is 78.8 Å². The summed E-state index contributed by atoms with van der Waals surface area (Å²) in [5.74, 6) is -1.92. The molecule has 0 spiro atoms. The number of likely N-dealkylation sites (tertiary alicyclic amines) is 2. The summed E-state index contributed by atoms with van der Waals surface area (Å²) >= 11 is 6.88. The number of methoxy groups -OCH3 is 1. The number of nitrogens with zero attached hydrogens (tertiary/aromatic N) is 4. The van der Waals surface area contributed by atoms with Gasteiger partial charge in [-0.3, -0.25) is 14.7 Å². The van der Waals surface area contributed by atoms with E-state index in [1.807, 2.05) is 4.90 Å². The van der Waals surface area contributed by atoms with E-state index in [4.69, 9.17) is 16.3 Å². The van der Waals surface area contributed by atoms with Crippen molar-refractivity contribution in [2.45, 2.75) is 44.3 Å². The van der Waals surface area contributed by atoms with Crippen molar-refractivity contribution >= 4 is 28.4 Å². The number of halogens is 7. The molecule has 2 aromatic heterocycles. The summed E-state index contributed by atoms with van der Waals surface area (Å²) in [6.07, 6.45) is -8.02. The maximum Gasteiger partial charge on any atom is 0.433 e. The van der Waals surface area contributed by atoms with E-state index in [0.717, 1.165) is 12.3 Å². The van der Waals surface area contributed by atoms with Crippen LogP contribution < -0.4 is 4.74 Å². The number of hydrogen-bond donors (Lipinski definition) is 1. The number of pyridine rings is 2. The van der Waals surface area contributed by atoms with Gasteiger partial charge in [-0.25, -0.2) is 4.98 Å². The van der Waals surface area contributed by atoms with E-state index >= 15 is 0 Å². The normalized spacial score (nSPS) is 18.9. The number of piperidine rings is 1. The molecular weight excluding hydrogens is 602 g/mol. The van der Waals surface area contributed by atoms with Gasteiger partial charge in [0.15, 0.2) is 0 Å². The molecule has 1 unspecified atom stereocenters. The Morgan fingerprint density at radius 3 is 2.23 bits per heavy atom. The van der Waals surface area contributed by atoms with Crippen LogP contribution in [0, 0.1) is 11.8 Å². The molecule has 1 N–H and O–H groups in total. The zero-order valence-corrected chi connectivity index (χ0v) is 24.0. The lowest BCUT2D eigenvalue weighted by Gasteiger charge is -2.48. The smallest absolute Gasteiger partial charge is 0.433 e. The molecule has 0 radical (unpaired) electrons. The lowest BCUT2D eigenvalue weighted by Crippen LogP contribution is -2.58. The molecule has 1 amide bonds. The Labute approximate surface area is 248 Å². The van der Waals surface area contributed by atoms with Crippen LogP contribution in [0.2, 0.25) is 5.02 Å². The second-order valence-corrected chi connectivity index (χ2v) is 11.4. The summed E-state index contributed by atoms with van der Waals surface area (Å²) < 4.78 is 84.6. The number of carbonyl (C=O) groups is 1. The van der Waals surface area contributed by atoms with Gasteiger partial charge in [0, 0.05) is 55.2 Å². The fourth-order valence-electron chi connectivity index (χ4n) is 5.85. The first-order valence-electron chi connectivity index (χ1n) is 13.6. The minimum atomic E-state index is -4.67. The highest BCUT2D eigenvalue weighted by atomic mass is 35.5. The molecule has 2 saturated heterocycles. The number of amides is 1. The molecule has 7 nitrogen and oxygen atoms in total. The number of aliphatic hydroxyl groups is 1. The molecule has 5 rings (SSSR count). The second kappa shape index (κ2) is 11.4. The summed E-state index contributed by atoms with van der Waals surface area (Å²) in [7, 11) is 1.41. The number of ether oxygens (including phenoxy) is 1. The molecule has 14 heteroatoms. The third kappa shape index (κ3) is 5.99. The number of benzene rings is 1. The van der Waals surface area contributed by atoms with Gasteiger partial charge in [-0.05, 0) is 49.7 Å². The quantitative estimate of drug-likeness (QED) is 0.347. The van der Waals surface area contributed by atoms with Gasteiger partial charge in [0.05, 0.1) is 23.6 Å². The maximum atomic E-state index is 13.2. The monoisotopic (exact) mass is 630 g/mol. The Hall–Kier alpha value is -3.16. The van der Waals surface area contributed by atoms with Gasteiger partial charge in [-0.15, -0.1) is 0 Å². The summed E-state index contributed by atoms with van der Waals surface area (Å²) in [6.45, 7) is 2.31. The predicted molar refractivity (Wildman–Crippen MR) is 145 cm³/mol. The summed E-state index contributed by atoms with van der Waals surface area (Å²) in [4.78, 5) is 23.3. The molecular formula is C29H29ClF6N4O3. The molecule has 1 aromatic carbocycles. The van der Waals surface area contributed by atoms with Crippen molar-refractivity contribution in [3.05, 3.63) is 63.9 Å². The van der Waals surface area contributed by atoms with E-state index in [0.29, 0.717) is 22.0 Å². The average molecular weight is 631 g/mol. The van der Waals surface area contributed by atoms with Crippen LogP contribution in [0.3, 0.4) is 0 Å². The summed E-state index contributed by atoms with van der Waals surface area (Å²) in [5, 5.41) is 12.8. The molecule has 43 heavy (non-hydrogen) atoms. The van der Waals surface area contributed by atoms with Crippen molar-refractivity contribution in [3.63, 3.8) is 0 Å². The minimum Gasteiger partial charge on any atom is -0.481 e. The van der Waals surface area contributed by atoms with Crippen LogP contribution in [0.5, 0.6) is 5.88 Å². The molecule has 4 heterocycles. The third-order valence-electron chi connectivity index (χ3n) is 8.46. The zero-order chi connectivity index (χ0) is 31.3. The van der Waals surface area contributed by atoms with Crippen molar-refractivity contribution in [2.75, 3.05) is 33.3 Å². The van der Waals surface area contributed by atoms with E-state index in [2.05, 4.69) is 9.97 Å². The lowest BCUT2D eigenvalue weighted by atomic mass is 9.72. The van der Waals surface area contributed by atoms with Crippen LogP contribution >= 0.6 is 11.6 Å². The number of hydrogen-bond acceptors (Lipinski definition) is 6. The van der Waals surface area contributed by atoms with E-state index in [9.17, 15) is 36.2 Å². The fourth-order valence-corrected chi connectivity index (χ4v) is 6.14. The Kier molecular flexibility index (Phi) is 8.29. The number of carbonyl (C=O) groups excluding carboxylic acids is 1. The standard InChI is InChI=1S/C29H29ClF6N4O3/c1-16(41)40-13-20(14-40)27(42,19-4-6-24(37-12-19)29(34,35)36)18-3-5-23-21(11-18)25(30)22(26(38-23)43-2)15-39-9-7-17(8-10-39)28(31,32)33/h3-6,11-12,17,20,42H,7-10,13-15H2,1-2H3. The summed E-state index contributed by atoms with van der Waals surface area (Å²) in [6, 6.07) is 6.74. The summed E-state index contributed by atoms with van der Waals surface area (Å²) in [5.41, 5.74) is -1.65. The molecule has 2 fully saturated rings. The van der Waals surface area contributed by atoms with Crippen molar-refractivity contribution in [1.82, 2.24) is 19.8 Å². The Morgan fingerprint density at radius 2 is 1.70 bits per heavy atom. The largest absolute Gasteiger partial charge is 0.481 e. The van der Waals surface area contributed by atoms with Crippen molar-refractivity contribution in [2.24, 2.45) is 11.8 Å². The molecule has 2 aliphatic heterocycles. The van der Waals surface area contributed by atoms with E-state index in [-0.39, 0.29) is 67.9 Å². The maximum absolute atomic E-state index is 13.2. The van der Waals surface area contributed by atoms with Crippen LogP contribution in [0.4, 0.5) is 26.3 Å². The van der Waals surface area contributed by atoms with Gasteiger partial charge in [-0.2, -0.15) is 26.3 Å². The third-order valence-corrected chi connectivity index (χ3v) is 8.89. The van der Waals surface area contributed by atoms with E-state index < -0.39 is 35.5 Å². The van der Waals surface area contributed by atoms with Gasteiger partial charge in [0.2, 0.25) is 11.8 Å². The fraction of sp³-hybridized carbons (Fsp3) is 0.483. The van der Waals surface area contributed by atoms with Crippen LogP contribution in [0.1, 0.15) is 42.1 Å². The van der Waals surface area contributed by atoms with Gasteiger partial charge in [0.25, 0.3) is 0 Å². The van der Waals surface area contributed by atoms with Gasteiger partial charge in [0.1, 0.15) is 11.3 Å². The van der Waals surface area contributed by atoms with Crippen LogP contribution in [-0.4, -0.2) is 70.2 Å². The van der Waals surface area contributed by atoms with Gasteiger partial charge in [-0.1, -0.05) is 23.7 Å². The molecule has 0 saturated carbocycles. The first-order valence-corrected chi connectivity index (χ1v) is 14.0. The zero-order valence-electron chi connectivity index (χ0n) is 23.3. The SMILES string of the molecule is COc1nc2ccc(C(O)(c3ccc(C(F)(F)F)nc3)C3CN(C(C)=O)C3)cc2c(Cl)c1CN1CCC(C(F)(F)F)CC1. The number of rotatable bonds is 6. The Morgan fingerprint density at radius 1 is 1.05 bits per heavy atom. The molecule has 3 aromatic rings. The molecule has 232 valence electrons. The number of fused-ring (bicyclic) bond motifs is 1. The van der Waals surface area contributed by atoms with Crippen LogP contribution in [0.15, 0.2) is 36.5 Å². The molecule has 1 atom stereocenters. The van der Waals surface area contributed by atoms with Crippen molar-refractivity contribution in [3.8, 4) is 5.88 Å². The lowest BCUT2D eigenvalue weighted by molar-refractivity contribution is -0.185. The molecule has 2 aliphatic rings. The number of aromatic nitrogens is 2. The van der Waals surface area contributed by atoms with Gasteiger partial charge < -0.3 is 14.7 Å². The second-order valence-electron chi connectivity index (χ2n) is 11.1. The highest BCUT2D eigenvalue weighted by Crippen LogP contribution is 2.44. The van der Waals surface area contributed by atoms with Crippen LogP contribution in [0.25, 0.3) is 10.9 Å². The Balaban J connectivity index is 1.53.